The predicted molar refractivity (Wildman–Crippen MR) is 71.7 cm³/mol. The lowest BCUT2D eigenvalue weighted by Gasteiger charge is -2.16. The fraction of sp³-hybridized carbons (Fsp3) is 0.429. The first-order valence-corrected chi connectivity index (χ1v) is 6.43. The SMILES string of the molecule is CNC(c1ccc2c(c1)ncn2C)C1CC1C(=O)O. The summed E-state index contributed by atoms with van der Waals surface area (Å²) in [5, 5.41) is 12.3. The van der Waals surface area contributed by atoms with Crippen molar-refractivity contribution in [3.8, 4) is 0 Å². The lowest BCUT2D eigenvalue weighted by atomic mass is 10.0. The molecule has 1 aromatic heterocycles. The number of fused-ring (bicyclic) bond motifs is 1. The number of carbonyl (C=O) groups is 1. The van der Waals surface area contributed by atoms with Gasteiger partial charge in [-0.1, -0.05) is 6.07 Å². The molecule has 1 saturated carbocycles. The Morgan fingerprint density at radius 1 is 1.58 bits per heavy atom. The number of aromatic nitrogens is 2. The summed E-state index contributed by atoms with van der Waals surface area (Å²) >= 11 is 0. The minimum atomic E-state index is -0.691. The van der Waals surface area contributed by atoms with E-state index < -0.39 is 5.97 Å². The summed E-state index contributed by atoms with van der Waals surface area (Å²) in [6.45, 7) is 0. The van der Waals surface area contributed by atoms with Gasteiger partial charge in [0.2, 0.25) is 0 Å². The third-order valence-electron chi connectivity index (χ3n) is 4.00. The number of aliphatic carboxylic acids is 1. The van der Waals surface area contributed by atoms with Gasteiger partial charge in [0.15, 0.2) is 0 Å². The highest BCUT2D eigenvalue weighted by molar-refractivity contribution is 5.77. The molecule has 0 spiro atoms. The van der Waals surface area contributed by atoms with E-state index in [1.54, 1.807) is 6.33 Å². The molecule has 1 aliphatic rings. The van der Waals surface area contributed by atoms with Crippen LogP contribution < -0.4 is 5.32 Å². The molecule has 100 valence electrons. The second-order valence-electron chi connectivity index (χ2n) is 5.21. The highest BCUT2D eigenvalue weighted by Crippen LogP contribution is 2.47. The number of hydrogen-bond donors (Lipinski definition) is 2. The van der Waals surface area contributed by atoms with E-state index >= 15 is 0 Å². The Morgan fingerprint density at radius 3 is 3.00 bits per heavy atom. The van der Waals surface area contributed by atoms with Crippen LogP contribution in [0, 0.1) is 11.8 Å². The van der Waals surface area contributed by atoms with Gasteiger partial charge in [-0.15, -0.1) is 0 Å². The topological polar surface area (TPSA) is 67.2 Å². The number of nitrogens with zero attached hydrogens (tertiary/aromatic N) is 2. The second-order valence-corrected chi connectivity index (χ2v) is 5.21. The molecule has 0 amide bonds. The standard InChI is InChI=1S/C14H17N3O2/c1-15-13(9-6-10(9)14(18)19)8-3-4-12-11(5-8)16-7-17(12)2/h3-5,7,9-10,13,15H,6H2,1-2H3,(H,18,19). The number of benzene rings is 1. The summed E-state index contributed by atoms with van der Waals surface area (Å²) in [5.41, 5.74) is 3.15. The van der Waals surface area contributed by atoms with Crippen molar-refractivity contribution in [2.75, 3.05) is 7.05 Å². The molecule has 19 heavy (non-hydrogen) atoms. The van der Waals surface area contributed by atoms with E-state index in [1.807, 2.05) is 30.8 Å². The van der Waals surface area contributed by atoms with E-state index in [0.29, 0.717) is 0 Å². The van der Waals surface area contributed by atoms with Crippen LogP contribution in [-0.4, -0.2) is 27.7 Å². The van der Waals surface area contributed by atoms with Crippen molar-refractivity contribution >= 4 is 17.0 Å². The van der Waals surface area contributed by atoms with Gasteiger partial charge in [0.05, 0.1) is 23.3 Å². The molecule has 0 saturated heterocycles. The highest BCUT2D eigenvalue weighted by Gasteiger charge is 2.47. The van der Waals surface area contributed by atoms with E-state index in [4.69, 9.17) is 5.11 Å². The van der Waals surface area contributed by atoms with Gasteiger partial charge in [0, 0.05) is 13.1 Å². The molecule has 3 rings (SSSR count). The molecule has 1 aromatic carbocycles. The molecule has 3 unspecified atom stereocenters. The molecule has 5 nitrogen and oxygen atoms in total. The first-order chi connectivity index (χ1) is 9.11. The van der Waals surface area contributed by atoms with Gasteiger partial charge < -0.3 is 15.0 Å². The molecule has 0 aliphatic heterocycles. The summed E-state index contributed by atoms with van der Waals surface area (Å²) in [7, 11) is 3.84. The molecule has 5 heteroatoms. The number of nitrogens with one attached hydrogen (secondary N) is 1. The minimum Gasteiger partial charge on any atom is -0.481 e. The quantitative estimate of drug-likeness (QED) is 0.874. The summed E-state index contributed by atoms with van der Waals surface area (Å²) in [6, 6.07) is 6.24. The van der Waals surface area contributed by atoms with Crippen LogP contribution in [0.3, 0.4) is 0 Å². The van der Waals surface area contributed by atoms with E-state index in [0.717, 1.165) is 23.0 Å². The van der Waals surface area contributed by atoms with Crippen molar-refractivity contribution in [3.63, 3.8) is 0 Å². The van der Waals surface area contributed by atoms with Crippen LogP contribution in [0.25, 0.3) is 11.0 Å². The van der Waals surface area contributed by atoms with E-state index in [1.165, 1.54) is 0 Å². The molecule has 1 heterocycles. The number of rotatable bonds is 4. The molecule has 1 fully saturated rings. The van der Waals surface area contributed by atoms with Gasteiger partial charge in [-0.3, -0.25) is 4.79 Å². The van der Waals surface area contributed by atoms with E-state index in [-0.39, 0.29) is 17.9 Å². The average molecular weight is 259 g/mol. The monoisotopic (exact) mass is 259 g/mol. The zero-order chi connectivity index (χ0) is 13.6. The van der Waals surface area contributed by atoms with Crippen molar-refractivity contribution in [3.05, 3.63) is 30.1 Å². The second kappa shape index (κ2) is 4.35. The maximum absolute atomic E-state index is 11.0. The van der Waals surface area contributed by atoms with Crippen LogP contribution in [-0.2, 0) is 11.8 Å². The first kappa shape index (κ1) is 12.2. The summed E-state index contributed by atoms with van der Waals surface area (Å²) in [6.07, 6.45) is 2.54. The van der Waals surface area contributed by atoms with Gasteiger partial charge >= 0.3 is 5.97 Å². The molecule has 2 aromatic rings. The molecule has 0 bridgehead atoms. The Labute approximate surface area is 111 Å². The van der Waals surface area contributed by atoms with Crippen LogP contribution in [0.1, 0.15) is 18.0 Å². The Kier molecular flexibility index (Phi) is 2.78. The van der Waals surface area contributed by atoms with Crippen molar-refractivity contribution in [2.24, 2.45) is 18.9 Å². The summed E-state index contributed by atoms with van der Waals surface area (Å²) < 4.78 is 1.98. The Balaban J connectivity index is 1.91. The number of carboxylic acid groups (broad SMARTS) is 1. The van der Waals surface area contributed by atoms with Gasteiger partial charge in [0.25, 0.3) is 0 Å². The normalized spacial score (nSPS) is 23.5. The third kappa shape index (κ3) is 2.00. The van der Waals surface area contributed by atoms with Crippen LogP contribution in [0.4, 0.5) is 0 Å². The number of carboxylic acids is 1. The van der Waals surface area contributed by atoms with Crippen molar-refractivity contribution < 1.29 is 9.90 Å². The maximum Gasteiger partial charge on any atom is 0.306 e. The van der Waals surface area contributed by atoms with E-state index in [2.05, 4.69) is 16.4 Å². The molecule has 1 aliphatic carbocycles. The minimum absolute atomic E-state index is 0.0903. The number of imidazole rings is 1. The van der Waals surface area contributed by atoms with Gasteiger partial charge in [-0.05, 0) is 37.1 Å². The predicted octanol–water partition coefficient (Wildman–Crippen LogP) is 1.55. The van der Waals surface area contributed by atoms with E-state index in [9.17, 15) is 4.79 Å². The lowest BCUT2D eigenvalue weighted by Crippen LogP contribution is -2.20. The van der Waals surface area contributed by atoms with Gasteiger partial charge in [-0.2, -0.15) is 0 Å². The molecule has 0 radical (unpaired) electrons. The fourth-order valence-electron chi connectivity index (χ4n) is 2.84. The first-order valence-electron chi connectivity index (χ1n) is 6.43. The van der Waals surface area contributed by atoms with Crippen molar-refractivity contribution in [1.29, 1.82) is 0 Å². The van der Waals surface area contributed by atoms with Crippen LogP contribution >= 0.6 is 0 Å². The number of aryl methyl sites for hydroxylation is 1. The maximum atomic E-state index is 11.0. The Morgan fingerprint density at radius 2 is 2.37 bits per heavy atom. The van der Waals surface area contributed by atoms with Gasteiger partial charge in [0.1, 0.15) is 0 Å². The lowest BCUT2D eigenvalue weighted by molar-refractivity contribution is -0.138. The zero-order valence-electron chi connectivity index (χ0n) is 11.0. The van der Waals surface area contributed by atoms with Crippen LogP contribution in [0.2, 0.25) is 0 Å². The highest BCUT2D eigenvalue weighted by atomic mass is 16.4. The average Bonchev–Trinajstić information content (AvgIpc) is 3.10. The zero-order valence-corrected chi connectivity index (χ0v) is 11.0. The van der Waals surface area contributed by atoms with Crippen LogP contribution in [0.15, 0.2) is 24.5 Å². The third-order valence-corrected chi connectivity index (χ3v) is 4.00. The molecule has 3 atom stereocenters. The molecular formula is C14H17N3O2. The van der Waals surface area contributed by atoms with Gasteiger partial charge in [-0.25, -0.2) is 4.98 Å². The van der Waals surface area contributed by atoms with Crippen molar-refractivity contribution in [1.82, 2.24) is 14.9 Å². The molecular weight excluding hydrogens is 242 g/mol. The number of hydrogen-bond acceptors (Lipinski definition) is 3. The Hall–Kier alpha value is -1.88. The summed E-state index contributed by atoms with van der Waals surface area (Å²) in [4.78, 5) is 15.3. The molecule has 2 N–H and O–H groups in total. The van der Waals surface area contributed by atoms with Crippen molar-refractivity contribution in [2.45, 2.75) is 12.5 Å². The fourth-order valence-corrected chi connectivity index (χ4v) is 2.84. The largest absolute Gasteiger partial charge is 0.481 e. The van der Waals surface area contributed by atoms with Crippen LogP contribution in [0.5, 0.6) is 0 Å². The smallest absolute Gasteiger partial charge is 0.306 e. The summed E-state index contributed by atoms with van der Waals surface area (Å²) in [5.74, 6) is -0.718. The Bertz CT molecular complexity index is 635.